The number of amides is 2. The second kappa shape index (κ2) is 10.7. The van der Waals surface area contributed by atoms with Crippen molar-refractivity contribution < 1.29 is 19.1 Å². The maximum absolute atomic E-state index is 13.8. The van der Waals surface area contributed by atoms with Crippen molar-refractivity contribution in [1.82, 2.24) is 15.3 Å². The minimum absolute atomic E-state index is 0.00111. The molecule has 3 aromatic rings. The van der Waals surface area contributed by atoms with Gasteiger partial charge >= 0.3 is 5.69 Å². The molecule has 0 saturated carbocycles. The third-order valence-electron chi connectivity index (χ3n) is 5.50. The SMILES string of the molecule is CN(C)c1ccc([C@H](N=C2NC(=O)[C@H](CC(=O)Nc3ccccc3F)S2)c2c(O)[nH]c(=O)[nH]c2=O)cc1. The van der Waals surface area contributed by atoms with Gasteiger partial charge in [-0.3, -0.25) is 24.4 Å². The van der Waals surface area contributed by atoms with Gasteiger partial charge < -0.3 is 20.6 Å². The molecule has 37 heavy (non-hydrogen) atoms. The fourth-order valence-corrected chi connectivity index (χ4v) is 4.64. The summed E-state index contributed by atoms with van der Waals surface area (Å²) < 4.78 is 13.8. The van der Waals surface area contributed by atoms with Crippen LogP contribution in [0.2, 0.25) is 0 Å². The zero-order chi connectivity index (χ0) is 26.7. The van der Waals surface area contributed by atoms with E-state index in [0.717, 1.165) is 17.4 Å². The summed E-state index contributed by atoms with van der Waals surface area (Å²) >= 11 is 0.963. The molecule has 1 aromatic heterocycles. The molecule has 0 unspecified atom stereocenters. The van der Waals surface area contributed by atoms with Crippen molar-refractivity contribution in [1.29, 1.82) is 0 Å². The van der Waals surface area contributed by atoms with E-state index < -0.39 is 46.1 Å². The number of aliphatic imine (C=N–C) groups is 1. The number of carbonyl (C=O) groups is 2. The molecule has 0 bridgehead atoms. The third-order valence-corrected chi connectivity index (χ3v) is 6.59. The van der Waals surface area contributed by atoms with E-state index in [0.29, 0.717) is 5.56 Å². The molecule has 5 N–H and O–H groups in total. The van der Waals surface area contributed by atoms with Crippen LogP contribution in [-0.2, 0) is 9.59 Å². The number of carbonyl (C=O) groups excluding carboxylic acids is 2. The molecule has 1 fully saturated rings. The lowest BCUT2D eigenvalue weighted by atomic mass is 10.0. The van der Waals surface area contributed by atoms with E-state index in [-0.39, 0.29) is 22.8 Å². The highest BCUT2D eigenvalue weighted by molar-refractivity contribution is 8.15. The van der Waals surface area contributed by atoms with Crippen molar-refractivity contribution in [3.05, 3.63) is 86.3 Å². The van der Waals surface area contributed by atoms with Gasteiger partial charge in [-0.1, -0.05) is 36.0 Å². The second-order valence-electron chi connectivity index (χ2n) is 8.32. The summed E-state index contributed by atoms with van der Waals surface area (Å²) in [6, 6.07) is 11.6. The Balaban J connectivity index is 1.61. The van der Waals surface area contributed by atoms with Crippen molar-refractivity contribution in [3.63, 3.8) is 0 Å². The fraction of sp³-hybridized carbons (Fsp3) is 0.208. The van der Waals surface area contributed by atoms with Crippen LogP contribution in [0.1, 0.15) is 23.6 Å². The second-order valence-corrected chi connectivity index (χ2v) is 9.51. The van der Waals surface area contributed by atoms with E-state index in [4.69, 9.17) is 0 Å². The number of anilines is 2. The highest BCUT2D eigenvalue weighted by Gasteiger charge is 2.34. The lowest BCUT2D eigenvalue weighted by molar-refractivity contribution is -0.122. The van der Waals surface area contributed by atoms with Crippen LogP contribution >= 0.6 is 11.8 Å². The molecule has 0 spiro atoms. The molecule has 1 aliphatic heterocycles. The summed E-state index contributed by atoms with van der Waals surface area (Å²) in [6.45, 7) is 0. The van der Waals surface area contributed by atoms with Crippen LogP contribution in [0.3, 0.4) is 0 Å². The Morgan fingerprint density at radius 3 is 2.49 bits per heavy atom. The summed E-state index contributed by atoms with van der Waals surface area (Å²) in [7, 11) is 3.72. The van der Waals surface area contributed by atoms with Crippen molar-refractivity contribution in [2.75, 3.05) is 24.3 Å². The van der Waals surface area contributed by atoms with Gasteiger partial charge in [-0.2, -0.15) is 0 Å². The van der Waals surface area contributed by atoms with Gasteiger partial charge in [0.25, 0.3) is 5.56 Å². The van der Waals surface area contributed by atoms with Gasteiger partial charge in [0.05, 0.1) is 5.69 Å². The number of nitrogens with one attached hydrogen (secondary N) is 4. The van der Waals surface area contributed by atoms with Gasteiger partial charge in [-0.05, 0) is 29.8 Å². The topological polar surface area (TPSA) is 160 Å². The molecule has 1 aliphatic rings. The number of aromatic hydroxyl groups is 1. The van der Waals surface area contributed by atoms with Gasteiger partial charge in [0.2, 0.25) is 17.7 Å². The van der Waals surface area contributed by atoms with Crippen molar-refractivity contribution >= 4 is 40.1 Å². The maximum atomic E-state index is 13.8. The quantitative estimate of drug-likeness (QED) is 0.313. The van der Waals surface area contributed by atoms with E-state index in [2.05, 4.69) is 25.6 Å². The number of aromatic nitrogens is 2. The number of halogens is 1. The zero-order valence-corrected chi connectivity index (χ0v) is 20.6. The maximum Gasteiger partial charge on any atom is 0.328 e. The zero-order valence-electron chi connectivity index (χ0n) is 19.7. The summed E-state index contributed by atoms with van der Waals surface area (Å²) in [5.74, 6) is -2.32. The van der Waals surface area contributed by atoms with E-state index in [1.54, 1.807) is 30.3 Å². The predicted octanol–water partition coefficient (Wildman–Crippen LogP) is 1.68. The Morgan fingerprint density at radius 1 is 1.14 bits per heavy atom. The molecule has 2 aromatic carbocycles. The highest BCUT2D eigenvalue weighted by Crippen LogP contribution is 2.32. The molecule has 2 amide bonds. The first-order valence-electron chi connectivity index (χ1n) is 11.0. The van der Waals surface area contributed by atoms with Crippen LogP contribution in [0.15, 0.2) is 63.1 Å². The predicted molar refractivity (Wildman–Crippen MR) is 139 cm³/mol. The molecular weight excluding hydrogens is 503 g/mol. The molecule has 2 heterocycles. The number of nitrogens with zero attached hydrogens (tertiary/aromatic N) is 2. The Bertz CT molecular complexity index is 1480. The molecule has 2 atom stereocenters. The summed E-state index contributed by atoms with van der Waals surface area (Å²) in [5, 5.41) is 14.6. The molecule has 1 saturated heterocycles. The number of benzene rings is 2. The first-order chi connectivity index (χ1) is 17.6. The van der Waals surface area contributed by atoms with E-state index >= 15 is 0 Å². The minimum Gasteiger partial charge on any atom is -0.494 e. The Kier molecular flexibility index (Phi) is 7.43. The molecule has 0 aliphatic carbocycles. The molecule has 0 radical (unpaired) electrons. The van der Waals surface area contributed by atoms with Crippen LogP contribution in [-0.4, -0.2) is 51.4 Å². The average Bonchev–Trinajstić information content (AvgIpc) is 3.17. The smallest absolute Gasteiger partial charge is 0.328 e. The first-order valence-corrected chi connectivity index (χ1v) is 11.9. The Morgan fingerprint density at radius 2 is 1.84 bits per heavy atom. The van der Waals surface area contributed by atoms with Crippen LogP contribution in [0.4, 0.5) is 15.8 Å². The summed E-state index contributed by atoms with van der Waals surface area (Å²) in [5.41, 5.74) is -0.577. The standard InChI is InChI=1S/C24H23FN6O5S/c1-31(2)13-9-7-12(8-10-13)19(18-21(34)28-23(36)29-22(18)35)27-24-30-20(33)16(37-24)11-17(32)26-15-6-4-3-5-14(15)25/h3-10,16,19H,11H2,1-2H3,(H,26,32)(H,27,30,33)(H3,28,29,34,35,36)/t16-,19-/m0/s1. The lowest BCUT2D eigenvalue weighted by Gasteiger charge is -2.17. The van der Waals surface area contributed by atoms with Crippen molar-refractivity contribution in [2.24, 2.45) is 4.99 Å². The Labute approximate surface area is 213 Å². The lowest BCUT2D eigenvalue weighted by Crippen LogP contribution is -2.29. The number of aromatic amines is 2. The van der Waals surface area contributed by atoms with Gasteiger partial charge in [-0.25, -0.2) is 14.2 Å². The third kappa shape index (κ3) is 5.89. The summed E-state index contributed by atoms with van der Waals surface area (Å²) in [6.07, 6.45) is -0.253. The highest BCUT2D eigenvalue weighted by atomic mass is 32.2. The molecule has 11 nitrogen and oxygen atoms in total. The molecule has 192 valence electrons. The summed E-state index contributed by atoms with van der Waals surface area (Å²) in [4.78, 5) is 59.8. The van der Waals surface area contributed by atoms with Crippen LogP contribution in [0.25, 0.3) is 0 Å². The molecule has 4 rings (SSSR count). The number of rotatable bonds is 7. The number of hydrogen-bond donors (Lipinski definition) is 5. The van der Waals surface area contributed by atoms with E-state index in [9.17, 15) is 28.7 Å². The van der Waals surface area contributed by atoms with Crippen LogP contribution in [0.5, 0.6) is 5.88 Å². The monoisotopic (exact) mass is 526 g/mol. The average molecular weight is 527 g/mol. The van der Waals surface area contributed by atoms with Gasteiger partial charge in [-0.15, -0.1) is 0 Å². The van der Waals surface area contributed by atoms with Gasteiger partial charge in [0.15, 0.2) is 5.17 Å². The van der Waals surface area contributed by atoms with E-state index in [1.807, 2.05) is 19.0 Å². The number of para-hydroxylation sites is 1. The van der Waals surface area contributed by atoms with E-state index in [1.165, 1.54) is 18.2 Å². The molecule has 13 heteroatoms. The van der Waals surface area contributed by atoms with Crippen molar-refractivity contribution in [3.8, 4) is 5.88 Å². The normalized spacial score (nSPS) is 16.9. The fourth-order valence-electron chi connectivity index (χ4n) is 3.65. The van der Waals surface area contributed by atoms with Crippen molar-refractivity contribution in [2.45, 2.75) is 17.7 Å². The number of hydrogen-bond acceptors (Lipinski definition) is 8. The minimum atomic E-state index is -1.09. The van der Waals surface area contributed by atoms with Crippen LogP contribution < -0.4 is 26.8 Å². The number of amidine groups is 1. The number of thioether (sulfide) groups is 1. The first kappa shape index (κ1) is 25.7. The number of H-pyrrole nitrogens is 2. The Hall–Kier alpha value is -4.39. The molecular formula is C24H23FN6O5S. The largest absolute Gasteiger partial charge is 0.494 e. The van der Waals surface area contributed by atoms with Gasteiger partial charge in [0.1, 0.15) is 22.7 Å². The van der Waals surface area contributed by atoms with Crippen LogP contribution in [0, 0.1) is 5.82 Å². The van der Waals surface area contributed by atoms with Gasteiger partial charge in [0, 0.05) is 26.2 Å².